The zero-order chi connectivity index (χ0) is 20.1. The molecular formula is C22H25ClN4OS. The van der Waals surface area contributed by atoms with Crippen LogP contribution in [0.25, 0.3) is 22.0 Å². The average molecular weight is 429 g/mol. The quantitative estimate of drug-likeness (QED) is 0.536. The van der Waals surface area contributed by atoms with E-state index in [1.54, 1.807) is 11.3 Å². The fraction of sp³-hybridized carbons (Fsp3) is 0.364. The van der Waals surface area contributed by atoms with E-state index in [1.807, 2.05) is 52.5 Å². The number of rotatable bonds is 8. The molecule has 5 nitrogen and oxygen atoms in total. The van der Waals surface area contributed by atoms with E-state index in [-0.39, 0.29) is 5.91 Å². The van der Waals surface area contributed by atoms with Gasteiger partial charge in [0.1, 0.15) is 11.6 Å². The van der Waals surface area contributed by atoms with Gasteiger partial charge in [-0.3, -0.25) is 4.79 Å². The first-order chi connectivity index (χ1) is 14.2. The largest absolute Gasteiger partial charge is 0.355 e. The van der Waals surface area contributed by atoms with E-state index < -0.39 is 0 Å². The van der Waals surface area contributed by atoms with Crippen LogP contribution in [0.1, 0.15) is 19.3 Å². The van der Waals surface area contributed by atoms with Gasteiger partial charge in [0.15, 0.2) is 0 Å². The standard InChI is InChI=1S/C22H25ClN4OS/c23-18-8-6-17(7-9-18)19-16-29-22(25-19)20-5-3-14-27(20)15-21(28)24-10-4-13-26-11-1-2-12-26/h3,5-9,14,16H,1-2,4,10-13,15H2,(H,24,28). The van der Waals surface area contributed by atoms with Crippen LogP contribution in [0.2, 0.25) is 5.02 Å². The zero-order valence-electron chi connectivity index (χ0n) is 16.3. The third-order valence-corrected chi connectivity index (χ3v) is 6.30. The lowest BCUT2D eigenvalue weighted by Crippen LogP contribution is -2.31. The Labute approximate surface area is 180 Å². The monoisotopic (exact) mass is 428 g/mol. The molecule has 0 spiro atoms. The number of nitrogens with zero attached hydrogens (tertiary/aromatic N) is 3. The van der Waals surface area contributed by atoms with E-state index in [0.717, 1.165) is 41.5 Å². The lowest BCUT2D eigenvalue weighted by Gasteiger charge is -2.14. The molecule has 2 aromatic heterocycles. The summed E-state index contributed by atoms with van der Waals surface area (Å²) in [4.78, 5) is 19.6. The van der Waals surface area contributed by atoms with Gasteiger partial charge < -0.3 is 14.8 Å². The second kappa shape index (κ2) is 9.57. The summed E-state index contributed by atoms with van der Waals surface area (Å²) < 4.78 is 1.96. The van der Waals surface area contributed by atoms with Crippen molar-refractivity contribution in [2.75, 3.05) is 26.2 Å². The number of carbonyl (C=O) groups is 1. The first-order valence-electron chi connectivity index (χ1n) is 10.0. The van der Waals surface area contributed by atoms with Crippen molar-refractivity contribution in [1.29, 1.82) is 0 Å². The molecular weight excluding hydrogens is 404 g/mol. The van der Waals surface area contributed by atoms with Gasteiger partial charge in [-0.2, -0.15) is 0 Å². The summed E-state index contributed by atoms with van der Waals surface area (Å²) in [6.45, 7) is 4.51. The second-order valence-electron chi connectivity index (χ2n) is 7.32. The minimum absolute atomic E-state index is 0.0401. The summed E-state index contributed by atoms with van der Waals surface area (Å²) in [5.74, 6) is 0.0401. The Bertz CT molecular complexity index is 944. The molecule has 0 aliphatic carbocycles. The number of aromatic nitrogens is 2. The molecule has 0 unspecified atom stereocenters. The van der Waals surface area contributed by atoms with Gasteiger partial charge in [-0.25, -0.2) is 4.98 Å². The molecule has 1 fully saturated rings. The highest BCUT2D eigenvalue weighted by atomic mass is 35.5. The molecule has 1 aliphatic rings. The predicted octanol–water partition coefficient (Wildman–Crippen LogP) is 4.53. The Morgan fingerprint density at radius 1 is 1.17 bits per heavy atom. The van der Waals surface area contributed by atoms with Gasteiger partial charge in [0.05, 0.1) is 11.4 Å². The minimum atomic E-state index is 0.0401. The van der Waals surface area contributed by atoms with E-state index >= 15 is 0 Å². The number of nitrogens with one attached hydrogen (secondary N) is 1. The number of hydrogen-bond acceptors (Lipinski definition) is 4. The number of thiazole rings is 1. The van der Waals surface area contributed by atoms with Crippen LogP contribution in [0.5, 0.6) is 0 Å². The summed E-state index contributed by atoms with van der Waals surface area (Å²) in [5, 5.41) is 6.70. The predicted molar refractivity (Wildman–Crippen MR) is 119 cm³/mol. The maximum atomic E-state index is 12.4. The summed E-state index contributed by atoms with van der Waals surface area (Å²) in [7, 11) is 0. The molecule has 7 heteroatoms. The van der Waals surface area contributed by atoms with E-state index in [2.05, 4.69) is 10.2 Å². The van der Waals surface area contributed by atoms with E-state index in [1.165, 1.54) is 25.9 Å². The molecule has 0 radical (unpaired) electrons. The molecule has 1 amide bonds. The molecule has 1 aliphatic heterocycles. The third-order valence-electron chi connectivity index (χ3n) is 5.18. The molecule has 1 saturated heterocycles. The lowest BCUT2D eigenvalue weighted by molar-refractivity contribution is -0.121. The Kier molecular flexibility index (Phi) is 6.64. The number of carbonyl (C=O) groups excluding carboxylic acids is 1. The number of benzene rings is 1. The summed E-state index contributed by atoms with van der Waals surface area (Å²) in [6, 6.07) is 11.6. The molecule has 0 atom stereocenters. The van der Waals surface area contributed by atoms with Crippen molar-refractivity contribution in [3.63, 3.8) is 0 Å². The first-order valence-corrected chi connectivity index (χ1v) is 11.3. The third kappa shape index (κ3) is 5.26. The maximum absolute atomic E-state index is 12.4. The van der Waals surface area contributed by atoms with Gasteiger partial charge in [0.25, 0.3) is 0 Å². The number of halogens is 1. The van der Waals surface area contributed by atoms with Crippen molar-refractivity contribution in [3.8, 4) is 22.0 Å². The van der Waals surface area contributed by atoms with Crippen molar-refractivity contribution in [2.24, 2.45) is 0 Å². The van der Waals surface area contributed by atoms with Crippen LogP contribution in [0.15, 0.2) is 48.0 Å². The van der Waals surface area contributed by atoms with Crippen LogP contribution in [-0.2, 0) is 11.3 Å². The molecule has 0 bridgehead atoms. The molecule has 3 heterocycles. The van der Waals surface area contributed by atoms with Crippen LogP contribution in [0.4, 0.5) is 0 Å². The topological polar surface area (TPSA) is 50.2 Å². The van der Waals surface area contributed by atoms with Crippen molar-refractivity contribution in [1.82, 2.24) is 19.8 Å². The maximum Gasteiger partial charge on any atom is 0.239 e. The summed E-state index contributed by atoms with van der Waals surface area (Å²) >= 11 is 7.55. The van der Waals surface area contributed by atoms with E-state index in [9.17, 15) is 4.79 Å². The van der Waals surface area contributed by atoms with Crippen molar-refractivity contribution >= 4 is 28.8 Å². The molecule has 1 aromatic carbocycles. The lowest BCUT2D eigenvalue weighted by atomic mass is 10.2. The molecule has 29 heavy (non-hydrogen) atoms. The van der Waals surface area contributed by atoms with Crippen LogP contribution in [-0.4, -0.2) is 46.5 Å². The minimum Gasteiger partial charge on any atom is -0.355 e. The Hall–Kier alpha value is -2.15. The highest BCUT2D eigenvalue weighted by Gasteiger charge is 2.13. The van der Waals surface area contributed by atoms with Crippen LogP contribution in [0.3, 0.4) is 0 Å². The van der Waals surface area contributed by atoms with Gasteiger partial charge in [0, 0.05) is 28.7 Å². The van der Waals surface area contributed by atoms with Crippen molar-refractivity contribution in [3.05, 3.63) is 53.0 Å². The fourth-order valence-electron chi connectivity index (χ4n) is 3.64. The number of amides is 1. The van der Waals surface area contributed by atoms with Crippen molar-refractivity contribution in [2.45, 2.75) is 25.8 Å². The Balaban J connectivity index is 1.33. The van der Waals surface area contributed by atoms with Gasteiger partial charge in [-0.05, 0) is 63.2 Å². The van der Waals surface area contributed by atoms with Gasteiger partial charge in [0.2, 0.25) is 5.91 Å². The molecule has 4 rings (SSSR count). The zero-order valence-corrected chi connectivity index (χ0v) is 17.9. The second-order valence-corrected chi connectivity index (χ2v) is 8.61. The number of hydrogen-bond donors (Lipinski definition) is 1. The Morgan fingerprint density at radius 2 is 1.97 bits per heavy atom. The smallest absolute Gasteiger partial charge is 0.239 e. The molecule has 3 aromatic rings. The van der Waals surface area contributed by atoms with E-state index in [4.69, 9.17) is 16.6 Å². The van der Waals surface area contributed by atoms with Crippen LogP contribution >= 0.6 is 22.9 Å². The molecule has 0 saturated carbocycles. The first kappa shape index (κ1) is 20.1. The normalized spacial score (nSPS) is 14.4. The summed E-state index contributed by atoms with van der Waals surface area (Å²) in [6.07, 6.45) is 5.54. The average Bonchev–Trinajstić information content (AvgIpc) is 3.47. The van der Waals surface area contributed by atoms with E-state index in [0.29, 0.717) is 11.6 Å². The molecule has 1 N–H and O–H groups in total. The Morgan fingerprint density at radius 3 is 2.76 bits per heavy atom. The van der Waals surface area contributed by atoms with Crippen molar-refractivity contribution < 1.29 is 4.79 Å². The molecule has 152 valence electrons. The highest BCUT2D eigenvalue weighted by Crippen LogP contribution is 2.29. The van der Waals surface area contributed by atoms with Crippen LogP contribution < -0.4 is 5.32 Å². The fourth-order valence-corrected chi connectivity index (χ4v) is 4.63. The SMILES string of the molecule is O=C(Cn1cccc1-c1nc(-c2ccc(Cl)cc2)cs1)NCCCN1CCCC1. The van der Waals surface area contributed by atoms with Crippen LogP contribution in [0, 0.1) is 0 Å². The summed E-state index contributed by atoms with van der Waals surface area (Å²) in [5.41, 5.74) is 2.91. The number of likely N-dealkylation sites (tertiary alicyclic amines) is 1. The highest BCUT2D eigenvalue weighted by molar-refractivity contribution is 7.13. The van der Waals surface area contributed by atoms with Gasteiger partial charge >= 0.3 is 0 Å². The van der Waals surface area contributed by atoms with Gasteiger partial charge in [-0.1, -0.05) is 23.7 Å². The van der Waals surface area contributed by atoms with Gasteiger partial charge in [-0.15, -0.1) is 11.3 Å².